The van der Waals surface area contributed by atoms with Crippen molar-refractivity contribution in [3.05, 3.63) is 29.8 Å². The minimum Gasteiger partial charge on any atom is -0.484 e. The standard InChI is InChI=1S/C15H18N2O2/c1-11(13-5-6-13)17(2)15(18)10-19-14-7-3-12(9-16)4-8-14/h3-4,7-8,11,13H,5-6,10H2,1-2H3/t11-/m1/s1. The number of amides is 1. The van der Waals surface area contributed by atoms with Gasteiger partial charge < -0.3 is 9.64 Å². The van der Waals surface area contributed by atoms with Crippen molar-refractivity contribution in [1.82, 2.24) is 4.90 Å². The predicted molar refractivity (Wildman–Crippen MR) is 71.6 cm³/mol. The summed E-state index contributed by atoms with van der Waals surface area (Å²) < 4.78 is 5.44. The van der Waals surface area contributed by atoms with Gasteiger partial charge in [-0.2, -0.15) is 5.26 Å². The van der Waals surface area contributed by atoms with Gasteiger partial charge in [0.15, 0.2) is 6.61 Å². The van der Waals surface area contributed by atoms with Gasteiger partial charge in [0.05, 0.1) is 11.6 Å². The van der Waals surface area contributed by atoms with Crippen molar-refractivity contribution in [2.45, 2.75) is 25.8 Å². The van der Waals surface area contributed by atoms with Gasteiger partial charge in [-0.05, 0) is 49.9 Å². The first-order chi connectivity index (χ1) is 9.11. The molecule has 4 heteroatoms. The zero-order valence-corrected chi connectivity index (χ0v) is 11.3. The summed E-state index contributed by atoms with van der Waals surface area (Å²) in [4.78, 5) is 13.7. The number of ether oxygens (including phenoxy) is 1. The van der Waals surface area contributed by atoms with Crippen LogP contribution in [0.2, 0.25) is 0 Å². The molecule has 0 radical (unpaired) electrons. The van der Waals surface area contributed by atoms with Crippen LogP contribution in [0.1, 0.15) is 25.3 Å². The van der Waals surface area contributed by atoms with E-state index in [1.807, 2.05) is 13.1 Å². The zero-order chi connectivity index (χ0) is 13.8. The lowest BCUT2D eigenvalue weighted by atomic mass is 10.2. The molecule has 19 heavy (non-hydrogen) atoms. The number of nitriles is 1. The quantitative estimate of drug-likeness (QED) is 0.813. The molecular weight excluding hydrogens is 240 g/mol. The fourth-order valence-electron chi connectivity index (χ4n) is 1.99. The number of hydrogen-bond acceptors (Lipinski definition) is 3. The molecule has 1 saturated carbocycles. The van der Waals surface area contributed by atoms with E-state index in [0.29, 0.717) is 17.2 Å². The van der Waals surface area contributed by atoms with Gasteiger partial charge in [0.1, 0.15) is 5.75 Å². The Morgan fingerprint density at radius 1 is 1.47 bits per heavy atom. The molecule has 0 aliphatic heterocycles. The van der Waals surface area contributed by atoms with Crippen molar-refractivity contribution in [2.24, 2.45) is 5.92 Å². The third-order valence-corrected chi connectivity index (χ3v) is 3.65. The summed E-state index contributed by atoms with van der Waals surface area (Å²) >= 11 is 0. The van der Waals surface area contributed by atoms with Crippen LogP contribution in [0.25, 0.3) is 0 Å². The fraction of sp³-hybridized carbons (Fsp3) is 0.467. The van der Waals surface area contributed by atoms with Crippen LogP contribution in [0.15, 0.2) is 24.3 Å². The summed E-state index contributed by atoms with van der Waals surface area (Å²) in [6.45, 7) is 2.12. The molecule has 1 aromatic rings. The van der Waals surface area contributed by atoms with E-state index in [0.717, 1.165) is 0 Å². The third kappa shape index (κ3) is 3.47. The lowest BCUT2D eigenvalue weighted by molar-refractivity contribution is -0.134. The highest BCUT2D eigenvalue weighted by Gasteiger charge is 2.32. The van der Waals surface area contributed by atoms with Gasteiger partial charge in [0, 0.05) is 13.1 Å². The van der Waals surface area contributed by atoms with E-state index >= 15 is 0 Å². The Kier molecular flexibility index (Phi) is 4.06. The molecule has 0 saturated heterocycles. The summed E-state index contributed by atoms with van der Waals surface area (Å²) in [7, 11) is 1.83. The van der Waals surface area contributed by atoms with Gasteiger partial charge in [0.25, 0.3) is 5.91 Å². The maximum Gasteiger partial charge on any atom is 0.260 e. The van der Waals surface area contributed by atoms with Crippen LogP contribution in [0.4, 0.5) is 0 Å². The summed E-state index contributed by atoms with van der Waals surface area (Å²) in [5.74, 6) is 1.26. The van der Waals surface area contributed by atoms with Crippen molar-refractivity contribution >= 4 is 5.91 Å². The van der Waals surface area contributed by atoms with Crippen molar-refractivity contribution in [2.75, 3.05) is 13.7 Å². The number of likely N-dealkylation sites (N-methyl/N-ethyl adjacent to an activating group) is 1. The second-order valence-corrected chi connectivity index (χ2v) is 5.01. The summed E-state index contributed by atoms with van der Waals surface area (Å²) in [5, 5.41) is 8.69. The van der Waals surface area contributed by atoms with E-state index in [1.165, 1.54) is 12.8 Å². The van der Waals surface area contributed by atoms with E-state index in [4.69, 9.17) is 10.00 Å². The maximum atomic E-state index is 12.0. The van der Waals surface area contributed by atoms with Crippen LogP contribution in [0.3, 0.4) is 0 Å². The lowest BCUT2D eigenvalue weighted by Crippen LogP contribution is -2.39. The largest absolute Gasteiger partial charge is 0.484 e. The number of rotatable bonds is 5. The minimum atomic E-state index is -0.0104. The van der Waals surface area contributed by atoms with Crippen LogP contribution in [0.5, 0.6) is 5.75 Å². The molecule has 1 aliphatic rings. The number of carbonyl (C=O) groups is 1. The number of benzene rings is 1. The first-order valence-corrected chi connectivity index (χ1v) is 6.50. The number of carbonyl (C=O) groups excluding carboxylic acids is 1. The molecule has 1 atom stereocenters. The van der Waals surface area contributed by atoms with Gasteiger partial charge in [0.2, 0.25) is 0 Å². The molecule has 0 unspecified atom stereocenters. The molecule has 0 bridgehead atoms. The monoisotopic (exact) mass is 258 g/mol. The van der Waals surface area contributed by atoms with Gasteiger partial charge in [-0.1, -0.05) is 0 Å². The first-order valence-electron chi connectivity index (χ1n) is 6.50. The summed E-state index contributed by atoms with van der Waals surface area (Å²) in [5.41, 5.74) is 0.582. The highest BCUT2D eigenvalue weighted by atomic mass is 16.5. The molecule has 2 rings (SSSR count). The van der Waals surface area contributed by atoms with Crippen molar-refractivity contribution in [1.29, 1.82) is 5.26 Å². The lowest BCUT2D eigenvalue weighted by Gasteiger charge is -2.24. The minimum absolute atomic E-state index is 0.0104. The van der Waals surface area contributed by atoms with E-state index < -0.39 is 0 Å². The normalized spacial score (nSPS) is 15.4. The van der Waals surface area contributed by atoms with E-state index in [9.17, 15) is 4.79 Å². The van der Waals surface area contributed by atoms with Crippen LogP contribution in [-0.4, -0.2) is 30.5 Å². The van der Waals surface area contributed by atoms with Gasteiger partial charge in [-0.25, -0.2) is 0 Å². The second-order valence-electron chi connectivity index (χ2n) is 5.01. The second kappa shape index (κ2) is 5.75. The van der Waals surface area contributed by atoms with Crippen LogP contribution >= 0.6 is 0 Å². The first kappa shape index (κ1) is 13.4. The Labute approximate surface area is 113 Å². The molecule has 0 spiro atoms. The van der Waals surface area contributed by atoms with Crippen LogP contribution < -0.4 is 4.74 Å². The summed E-state index contributed by atoms with van der Waals surface area (Å²) in [6.07, 6.45) is 2.44. The molecule has 0 aromatic heterocycles. The molecule has 0 heterocycles. The van der Waals surface area contributed by atoms with E-state index in [1.54, 1.807) is 29.2 Å². The maximum absolute atomic E-state index is 12.0. The average molecular weight is 258 g/mol. The Hall–Kier alpha value is -2.02. The van der Waals surface area contributed by atoms with Crippen LogP contribution in [0, 0.1) is 17.2 Å². The van der Waals surface area contributed by atoms with Crippen molar-refractivity contribution in [3.8, 4) is 11.8 Å². The fourth-order valence-corrected chi connectivity index (χ4v) is 1.99. The number of hydrogen-bond donors (Lipinski definition) is 0. The molecular formula is C15H18N2O2. The van der Waals surface area contributed by atoms with Gasteiger partial charge in [-0.15, -0.1) is 0 Å². The summed E-state index contributed by atoms with van der Waals surface area (Å²) in [6, 6.07) is 9.09. The van der Waals surface area contributed by atoms with Gasteiger partial charge in [-0.3, -0.25) is 4.79 Å². The highest BCUT2D eigenvalue weighted by molar-refractivity contribution is 5.77. The number of nitrogens with zero attached hydrogens (tertiary/aromatic N) is 2. The van der Waals surface area contributed by atoms with Crippen molar-refractivity contribution < 1.29 is 9.53 Å². The Morgan fingerprint density at radius 3 is 2.63 bits per heavy atom. The molecule has 0 N–H and O–H groups in total. The third-order valence-electron chi connectivity index (χ3n) is 3.65. The molecule has 100 valence electrons. The molecule has 1 aromatic carbocycles. The Balaban J connectivity index is 1.83. The SMILES string of the molecule is C[C@H](C1CC1)N(C)C(=O)COc1ccc(C#N)cc1. The zero-order valence-electron chi connectivity index (χ0n) is 11.3. The van der Waals surface area contributed by atoms with Crippen LogP contribution in [-0.2, 0) is 4.79 Å². The molecule has 1 aliphatic carbocycles. The topological polar surface area (TPSA) is 53.3 Å². The Morgan fingerprint density at radius 2 is 2.11 bits per heavy atom. The molecule has 1 fully saturated rings. The highest BCUT2D eigenvalue weighted by Crippen LogP contribution is 2.34. The van der Waals surface area contributed by atoms with E-state index in [2.05, 4.69) is 6.92 Å². The smallest absolute Gasteiger partial charge is 0.260 e. The Bertz CT molecular complexity index is 486. The molecule has 4 nitrogen and oxygen atoms in total. The van der Waals surface area contributed by atoms with Gasteiger partial charge >= 0.3 is 0 Å². The van der Waals surface area contributed by atoms with Crippen molar-refractivity contribution in [3.63, 3.8) is 0 Å². The molecule has 1 amide bonds. The average Bonchev–Trinajstić information content (AvgIpc) is 3.28. The predicted octanol–water partition coefficient (Wildman–Crippen LogP) is 2.19. The van der Waals surface area contributed by atoms with E-state index in [-0.39, 0.29) is 18.6 Å².